The van der Waals surface area contributed by atoms with Gasteiger partial charge in [-0.3, -0.25) is 14.5 Å². The van der Waals surface area contributed by atoms with Gasteiger partial charge in [0.1, 0.15) is 0 Å². The number of rotatable bonds is 2. The monoisotopic (exact) mass is 427 g/mol. The summed E-state index contributed by atoms with van der Waals surface area (Å²) in [6.45, 7) is 5.91. The van der Waals surface area contributed by atoms with Crippen molar-refractivity contribution < 1.29 is 22.8 Å². The fraction of sp³-hybridized carbons (Fsp3) is 0.360. The highest BCUT2D eigenvalue weighted by Gasteiger charge is 2.44. The summed E-state index contributed by atoms with van der Waals surface area (Å²) in [5.41, 5.74) is 2.44. The van der Waals surface area contributed by atoms with Crippen molar-refractivity contribution in [1.29, 1.82) is 0 Å². The maximum Gasteiger partial charge on any atom is 0.416 e. The van der Waals surface area contributed by atoms with E-state index in [9.17, 15) is 22.8 Å². The number of hydrogen-bond acceptors (Lipinski definition) is 2. The van der Waals surface area contributed by atoms with Crippen molar-refractivity contribution in [3.8, 4) is 0 Å². The van der Waals surface area contributed by atoms with E-state index in [4.69, 9.17) is 0 Å². The smallest absolute Gasteiger partial charge is 0.294 e. The van der Waals surface area contributed by atoms with E-state index in [0.717, 1.165) is 23.3 Å². The van der Waals surface area contributed by atoms with Gasteiger partial charge in [0, 0.05) is 35.7 Å². The van der Waals surface area contributed by atoms with Gasteiger partial charge in [0.2, 0.25) is 5.91 Å². The molecule has 1 amide bonds. The van der Waals surface area contributed by atoms with Crippen LogP contribution in [0.15, 0.2) is 59.8 Å². The Labute approximate surface area is 179 Å². The Balaban J connectivity index is 1.85. The zero-order valence-electron chi connectivity index (χ0n) is 17.7. The van der Waals surface area contributed by atoms with Crippen molar-refractivity contribution in [2.45, 2.75) is 52.1 Å². The second-order valence-electron chi connectivity index (χ2n) is 9.25. The van der Waals surface area contributed by atoms with E-state index < -0.39 is 11.7 Å². The first-order valence-electron chi connectivity index (χ1n) is 10.3. The van der Waals surface area contributed by atoms with Crippen molar-refractivity contribution in [3.05, 3.63) is 76.5 Å². The standard InChI is InChI=1S/C25H24F3NO2/c1-15-5-4-6-16(11-15)19-12-22(31)29(18-9-7-17(8-10-18)25(26,27)28)20-13-24(2,3)14-21(30)23(19)20/h4-11,19H,12-14H2,1-3H3. The molecule has 0 spiro atoms. The predicted molar refractivity (Wildman–Crippen MR) is 113 cm³/mol. The lowest BCUT2D eigenvalue weighted by atomic mass is 9.69. The number of carbonyl (C=O) groups excluding carboxylic acids is 2. The van der Waals surface area contributed by atoms with Gasteiger partial charge in [-0.25, -0.2) is 0 Å². The van der Waals surface area contributed by atoms with E-state index in [0.29, 0.717) is 29.8 Å². The molecule has 1 heterocycles. The van der Waals surface area contributed by atoms with Crippen LogP contribution in [-0.4, -0.2) is 11.7 Å². The molecule has 6 heteroatoms. The number of Topliss-reactive ketones (excluding diaryl/α,β-unsaturated/α-hetero) is 1. The van der Waals surface area contributed by atoms with E-state index in [1.165, 1.54) is 17.0 Å². The Morgan fingerprint density at radius 3 is 2.29 bits per heavy atom. The summed E-state index contributed by atoms with van der Waals surface area (Å²) in [5, 5.41) is 0. The summed E-state index contributed by atoms with van der Waals surface area (Å²) in [6.07, 6.45) is -3.46. The van der Waals surface area contributed by atoms with Gasteiger partial charge in [0.25, 0.3) is 0 Å². The fourth-order valence-corrected chi connectivity index (χ4v) is 4.69. The van der Waals surface area contributed by atoms with Crippen molar-refractivity contribution in [1.82, 2.24) is 0 Å². The molecule has 2 aliphatic rings. The number of carbonyl (C=O) groups is 2. The number of allylic oxidation sites excluding steroid dienone is 2. The Bertz CT molecular complexity index is 1080. The Morgan fingerprint density at radius 2 is 1.68 bits per heavy atom. The fourth-order valence-electron chi connectivity index (χ4n) is 4.69. The first kappa shape index (κ1) is 21.3. The van der Waals surface area contributed by atoms with Crippen LogP contribution in [0.4, 0.5) is 18.9 Å². The Kier molecular flexibility index (Phi) is 5.07. The van der Waals surface area contributed by atoms with Gasteiger partial charge < -0.3 is 0 Å². The van der Waals surface area contributed by atoms with Gasteiger partial charge in [-0.1, -0.05) is 43.7 Å². The normalized spacial score (nSPS) is 21.4. The number of anilines is 1. The maximum atomic E-state index is 13.3. The molecular formula is C25H24F3NO2. The van der Waals surface area contributed by atoms with Gasteiger partial charge in [-0.2, -0.15) is 13.2 Å². The largest absolute Gasteiger partial charge is 0.416 e. The number of nitrogens with zero attached hydrogens (tertiary/aromatic N) is 1. The van der Waals surface area contributed by atoms with Crippen LogP contribution >= 0.6 is 0 Å². The van der Waals surface area contributed by atoms with Crippen molar-refractivity contribution in [3.63, 3.8) is 0 Å². The SMILES string of the molecule is Cc1cccc(C2CC(=O)N(c3ccc(C(F)(F)F)cc3)C3=C2C(=O)CC(C)(C)C3)c1. The number of halogens is 3. The van der Waals surface area contributed by atoms with Crippen molar-refractivity contribution in [2.75, 3.05) is 4.90 Å². The zero-order valence-corrected chi connectivity index (χ0v) is 17.7. The quantitative estimate of drug-likeness (QED) is 0.574. The Morgan fingerprint density at radius 1 is 1.00 bits per heavy atom. The molecule has 0 bridgehead atoms. The van der Waals surface area contributed by atoms with Crippen molar-refractivity contribution >= 4 is 17.4 Å². The van der Waals surface area contributed by atoms with Crippen LogP contribution in [-0.2, 0) is 15.8 Å². The lowest BCUT2D eigenvalue weighted by molar-refractivity contribution is -0.137. The lowest BCUT2D eigenvalue weighted by Crippen LogP contribution is -2.43. The molecule has 2 aromatic carbocycles. The molecule has 3 nitrogen and oxygen atoms in total. The molecule has 0 saturated heterocycles. The van der Waals surface area contributed by atoms with Crippen LogP contribution in [0.3, 0.4) is 0 Å². The third-order valence-corrected chi connectivity index (χ3v) is 6.04. The second-order valence-corrected chi connectivity index (χ2v) is 9.25. The molecule has 162 valence electrons. The zero-order chi connectivity index (χ0) is 22.6. The number of benzene rings is 2. The minimum atomic E-state index is -4.45. The summed E-state index contributed by atoms with van der Waals surface area (Å²) < 4.78 is 39.0. The number of amides is 1. The summed E-state index contributed by atoms with van der Waals surface area (Å²) in [6, 6.07) is 12.4. The third-order valence-electron chi connectivity index (χ3n) is 6.04. The first-order chi connectivity index (χ1) is 14.5. The molecule has 0 aromatic heterocycles. The summed E-state index contributed by atoms with van der Waals surface area (Å²) in [4.78, 5) is 28.0. The van der Waals surface area contributed by atoms with E-state index in [-0.39, 0.29) is 29.4 Å². The predicted octanol–water partition coefficient (Wildman–Crippen LogP) is 6.18. The van der Waals surface area contributed by atoms with Gasteiger partial charge in [0.15, 0.2) is 5.78 Å². The molecule has 1 aliphatic carbocycles. The second kappa shape index (κ2) is 7.36. The highest BCUT2D eigenvalue weighted by Crippen LogP contribution is 2.48. The lowest BCUT2D eigenvalue weighted by Gasteiger charge is -2.43. The van der Waals surface area contributed by atoms with Crippen LogP contribution in [0, 0.1) is 12.3 Å². The highest BCUT2D eigenvalue weighted by molar-refractivity contribution is 6.07. The summed E-state index contributed by atoms with van der Waals surface area (Å²) >= 11 is 0. The molecule has 0 N–H and O–H groups in total. The molecule has 4 rings (SSSR count). The van der Waals surface area contributed by atoms with Gasteiger partial charge in [-0.15, -0.1) is 0 Å². The molecule has 1 aliphatic heterocycles. The highest BCUT2D eigenvalue weighted by atomic mass is 19.4. The number of hydrogen-bond donors (Lipinski definition) is 0. The van der Waals surface area contributed by atoms with Crippen molar-refractivity contribution in [2.24, 2.45) is 5.41 Å². The molecule has 2 aromatic rings. The average molecular weight is 427 g/mol. The van der Waals surface area contributed by atoms with E-state index in [1.807, 2.05) is 45.0 Å². The van der Waals surface area contributed by atoms with E-state index in [2.05, 4.69) is 0 Å². The van der Waals surface area contributed by atoms with Gasteiger partial charge >= 0.3 is 6.18 Å². The van der Waals surface area contributed by atoms with Crippen LogP contribution in [0.25, 0.3) is 0 Å². The topological polar surface area (TPSA) is 37.4 Å². The van der Waals surface area contributed by atoms with E-state index >= 15 is 0 Å². The minimum absolute atomic E-state index is 0.00201. The number of aryl methyl sites for hydroxylation is 1. The summed E-state index contributed by atoms with van der Waals surface area (Å²) in [7, 11) is 0. The van der Waals surface area contributed by atoms with E-state index in [1.54, 1.807) is 0 Å². The molecule has 1 atom stereocenters. The van der Waals surface area contributed by atoms with Gasteiger partial charge in [0.05, 0.1) is 5.56 Å². The van der Waals surface area contributed by atoms with Crippen LogP contribution in [0.1, 0.15) is 55.7 Å². The molecular weight excluding hydrogens is 403 g/mol. The molecule has 0 saturated carbocycles. The maximum absolute atomic E-state index is 13.3. The van der Waals surface area contributed by atoms with Crippen LogP contribution < -0.4 is 4.90 Å². The van der Waals surface area contributed by atoms with Crippen LogP contribution in [0.2, 0.25) is 0 Å². The Hall–Kier alpha value is -2.89. The molecule has 0 fully saturated rings. The molecule has 0 radical (unpaired) electrons. The van der Waals surface area contributed by atoms with Gasteiger partial charge in [-0.05, 0) is 48.6 Å². The number of alkyl halides is 3. The molecule has 31 heavy (non-hydrogen) atoms. The first-order valence-corrected chi connectivity index (χ1v) is 10.3. The summed E-state index contributed by atoms with van der Waals surface area (Å²) in [5.74, 6) is -0.547. The third kappa shape index (κ3) is 4.03. The minimum Gasteiger partial charge on any atom is -0.294 e. The average Bonchev–Trinajstić information content (AvgIpc) is 2.65. The van der Waals surface area contributed by atoms with Crippen LogP contribution in [0.5, 0.6) is 0 Å². The number of ketones is 1. The molecule has 1 unspecified atom stereocenters.